The monoisotopic (exact) mass is 289 g/mol. The molecule has 4 heteroatoms. The van der Waals surface area contributed by atoms with Crippen LogP contribution in [-0.2, 0) is 9.84 Å². The highest BCUT2D eigenvalue weighted by molar-refractivity contribution is 7.92. The molecule has 1 aliphatic rings. The van der Waals surface area contributed by atoms with Gasteiger partial charge in [-0.2, -0.15) is 0 Å². The van der Waals surface area contributed by atoms with Gasteiger partial charge in [0.05, 0.1) is 11.0 Å². The van der Waals surface area contributed by atoms with Crippen LogP contribution in [0.3, 0.4) is 0 Å². The van der Waals surface area contributed by atoms with Gasteiger partial charge >= 0.3 is 0 Å². The third-order valence-electron chi connectivity index (χ3n) is 4.26. The summed E-state index contributed by atoms with van der Waals surface area (Å²) in [6, 6.07) is 0.502. The van der Waals surface area contributed by atoms with Crippen LogP contribution in [0.15, 0.2) is 0 Å². The van der Waals surface area contributed by atoms with Crippen molar-refractivity contribution in [3.8, 4) is 0 Å². The second kappa shape index (κ2) is 8.25. The van der Waals surface area contributed by atoms with Crippen LogP contribution in [-0.4, -0.2) is 32.0 Å². The van der Waals surface area contributed by atoms with Gasteiger partial charge < -0.3 is 5.32 Å². The molecule has 0 bridgehead atoms. The quantitative estimate of drug-likeness (QED) is 0.698. The fraction of sp³-hybridized carbons (Fsp3) is 1.00. The third kappa shape index (κ3) is 6.26. The summed E-state index contributed by atoms with van der Waals surface area (Å²) in [4.78, 5) is 0. The van der Waals surface area contributed by atoms with Crippen molar-refractivity contribution >= 4 is 9.84 Å². The Hall–Kier alpha value is -0.0900. The molecule has 1 N–H and O–H groups in total. The van der Waals surface area contributed by atoms with Crippen molar-refractivity contribution < 1.29 is 8.42 Å². The molecule has 0 aromatic carbocycles. The molecule has 0 amide bonds. The van der Waals surface area contributed by atoms with Gasteiger partial charge in [-0.1, -0.05) is 33.1 Å². The van der Waals surface area contributed by atoms with Crippen molar-refractivity contribution in [3.05, 3.63) is 0 Å². The Labute approximate surface area is 119 Å². The molecule has 0 radical (unpaired) electrons. The molecule has 3 unspecified atom stereocenters. The first-order chi connectivity index (χ1) is 8.95. The van der Waals surface area contributed by atoms with Crippen molar-refractivity contribution in [2.75, 3.05) is 12.3 Å². The molecule has 1 rings (SSSR count). The fourth-order valence-corrected chi connectivity index (χ4v) is 5.16. The van der Waals surface area contributed by atoms with E-state index < -0.39 is 9.84 Å². The number of nitrogens with one attached hydrogen (secondary N) is 1. The summed E-state index contributed by atoms with van der Waals surface area (Å²) in [6.45, 7) is 7.44. The van der Waals surface area contributed by atoms with Crippen LogP contribution in [0, 0.1) is 5.92 Å². The van der Waals surface area contributed by atoms with Crippen molar-refractivity contribution in [2.24, 2.45) is 5.92 Å². The van der Waals surface area contributed by atoms with E-state index in [1.807, 2.05) is 0 Å². The molecule has 0 aromatic heterocycles. The highest BCUT2D eigenvalue weighted by atomic mass is 32.2. The van der Waals surface area contributed by atoms with Crippen LogP contribution in [0.2, 0.25) is 0 Å². The Morgan fingerprint density at radius 3 is 2.63 bits per heavy atom. The van der Waals surface area contributed by atoms with Gasteiger partial charge in [0.25, 0.3) is 0 Å². The average Bonchev–Trinajstić information content (AvgIpc) is 2.35. The molecule has 1 saturated carbocycles. The molecule has 1 aliphatic carbocycles. The van der Waals surface area contributed by atoms with Gasteiger partial charge in [-0.05, 0) is 45.1 Å². The Balaban J connectivity index is 2.27. The molecule has 3 atom stereocenters. The highest BCUT2D eigenvalue weighted by Crippen LogP contribution is 2.29. The lowest BCUT2D eigenvalue weighted by molar-refractivity contribution is 0.381. The van der Waals surface area contributed by atoms with E-state index in [0.717, 1.165) is 45.1 Å². The number of hydrogen-bond donors (Lipinski definition) is 1. The Bertz CT molecular complexity index is 340. The van der Waals surface area contributed by atoms with E-state index in [9.17, 15) is 8.42 Å². The van der Waals surface area contributed by atoms with Crippen LogP contribution in [0.5, 0.6) is 0 Å². The van der Waals surface area contributed by atoms with Gasteiger partial charge in [0, 0.05) is 6.04 Å². The summed E-state index contributed by atoms with van der Waals surface area (Å²) < 4.78 is 24.6. The van der Waals surface area contributed by atoms with E-state index in [0.29, 0.717) is 17.7 Å². The molecule has 1 fully saturated rings. The van der Waals surface area contributed by atoms with Crippen molar-refractivity contribution in [2.45, 2.75) is 77.0 Å². The number of unbranched alkanes of at least 4 members (excludes halogenated alkanes) is 1. The molecule has 0 aromatic rings. The number of sulfone groups is 1. The van der Waals surface area contributed by atoms with E-state index in [-0.39, 0.29) is 5.25 Å². The maximum absolute atomic E-state index is 12.3. The standard InChI is InChI=1S/C15H31NO2S/c1-4-16-14(3)9-5-6-11-19(17,18)15-10-7-8-13(2)12-15/h13-16H,4-12H2,1-3H3. The van der Waals surface area contributed by atoms with Gasteiger partial charge in [-0.3, -0.25) is 0 Å². The minimum atomic E-state index is -2.85. The maximum atomic E-state index is 12.3. The minimum absolute atomic E-state index is 0.0533. The molecular formula is C15H31NO2S. The molecule has 114 valence electrons. The normalized spacial score (nSPS) is 26.3. The zero-order chi connectivity index (χ0) is 14.3. The largest absolute Gasteiger partial charge is 0.315 e. The Morgan fingerprint density at radius 1 is 1.26 bits per heavy atom. The fourth-order valence-electron chi connectivity index (χ4n) is 3.08. The SMILES string of the molecule is CCNC(C)CCCCS(=O)(=O)C1CCCC(C)C1. The summed E-state index contributed by atoms with van der Waals surface area (Å²) in [5.74, 6) is 0.978. The molecule has 3 nitrogen and oxygen atoms in total. The van der Waals surface area contributed by atoms with Crippen LogP contribution < -0.4 is 5.32 Å². The Kier molecular flexibility index (Phi) is 7.37. The maximum Gasteiger partial charge on any atom is 0.153 e. The molecule has 19 heavy (non-hydrogen) atoms. The zero-order valence-corrected chi connectivity index (χ0v) is 13.6. The number of rotatable bonds is 8. The van der Waals surface area contributed by atoms with Crippen molar-refractivity contribution in [1.29, 1.82) is 0 Å². The van der Waals surface area contributed by atoms with Crippen LogP contribution in [0.25, 0.3) is 0 Å². The lowest BCUT2D eigenvalue weighted by Crippen LogP contribution is -2.29. The first-order valence-corrected chi connectivity index (χ1v) is 9.62. The lowest BCUT2D eigenvalue weighted by atomic mass is 9.91. The first-order valence-electron chi connectivity index (χ1n) is 7.90. The third-order valence-corrected chi connectivity index (χ3v) is 6.57. The van der Waals surface area contributed by atoms with Gasteiger partial charge in [-0.15, -0.1) is 0 Å². The summed E-state index contributed by atoms with van der Waals surface area (Å²) in [6.07, 6.45) is 6.97. The number of hydrogen-bond acceptors (Lipinski definition) is 3. The first kappa shape index (κ1) is 17.0. The predicted molar refractivity (Wildman–Crippen MR) is 82.2 cm³/mol. The summed E-state index contributed by atoms with van der Waals surface area (Å²) >= 11 is 0. The van der Waals surface area contributed by atoms with Crippen molar-refractivity contribution in [3.63, 3.8) is 0 Å². The van der Waals surface area contributed by atoms with E-state index >= 15 is 0 Å². The second-order valence-corrected chi connectivity index (χ2v) is 8.62. The van der Waals surface area contributed by atoms with E-state index in [4.69, 9.17) is 0 Å². The second-order valence-electron chi connectivity index (χ2n) is 6.22. The summed E-state index contributed by atoms with van der Waals surface area (Å²) in [5, 5.41) is 3.31. The van der Waals surface area contributed by atoms with Crippen LogP contribution >= 0.6 is 0 Å². The zero-order valence-electron chi connectivity index (χ0n) is 12.8. The van der Waals surface area contributed by atoms with Gasteiger partial charge in [-0.25, -0.2) is 8.42 Å². The van der Waals surface area contributed by atoms with Crippen LogP contribution in [0.4, 0.5) is 0 Å². The molecular weight excluding hydrogens is 258 g/mol. The summed E-state index contributed by atoms with van der Waals surface area (Å²) in [7, 11) is -2.85. The lowest BCUT2D eigenvalue weighted by Gasteiger charge is -2.26. The average molecular weight is 289 g/mol. The highest BCUT2D eigenvalue weighted by Gasteiger charge is 2.29. The van der Waals surface area contributed by atoms with Gasteiger partial charge in [0.1, 0.15) is 0 Å². The molecule has 0 aliphatic heterocycles. The van der Waals surface area contributed by atoms with E-state index in [1.54, 1.807) is 0 Å². The van der Waals surface area contributed by atoms with E-state index in [1.165, 1.54) is 6.42 Å². The molecule has 0 heterocycles. The van der Waals surface area contributed by atoms with Gasteiger partial charge in [0.2, 0.25) is 0 Å². The Morgan fingerprint density at radius 2 is 2.00 bits per heavy atom. The predicted octanol–water partition coefficient (Wildman–Crippen LogP) is 3.15. The minimum Gasteiger partial charge on any atom is -0.315 e. The van der Waals surface area contributed by atoms with Crippen molar-refractivity contribution in [1.82, 2.24) is 5.32 Å². The van der Waals surface area contributed by atoms with Gasteiger partial charge in [0.15, 0.2) is 9.84 Å². The smallest absolute Gasteiger partial charge is 0.153 e. The van der Waals surface area contributed by atoms with Crippen LogP contribution in [0.1, 0.15) is 65.7 Å². The topological polar surface area (TPSA) is 46.2 Å². The molecule has 0 saturated heterocycles. The van der Waals surface area contributed by atoms with E-state index in [2.05, 4.69) is 26.1 Å². The molecule has 0 spiro atoms. The summed E-state index contributed by atoms with van der Waals surface area (Å²) in [5.41, 5.74) is 0.